The van der Waals surface area contributed by atoms with Gasteiger partial charge in [-0.3, -0.25) is 9.97 Å². The standard InChI is InChI=1S/C14H13N3O/c1-15-14(13-3-2-8-18-13)10-4-5-11-12(9-10)17-7-6-16-11/h2-9,14-15H,1H3. The van der Waals surface area contributed by atoms with Crippen LogP contribution in [0.2, 0.25) is 0 Å². The highest BCUT2D eigenvalue weighted by atomic mass is 16.3. The third-order valence-electron chi connectivity index (χ3n) is 2.94. The van der Waals surface area contributed by atoms with Crippen molar-refractivity contribution in [1.82, 2.24) is 15.3 Å². The van der Waals surface area contributed by atoms with Gasteiger partial charge in [0, 0.05) is 12.4 Å². The van der Waals surface area contributed by atoms with Gasteiger partial charge >= 0.3 is 0 Å². The Hall–Kier alpha value is -2.20. The first-order valence-electron chi connectivity index (χ1n) is 5.80. The minimum Gasteiger partial charge on any atom is -0.467 e. The van der Waals surface area contributed by atoms with E-state index in [1.165, 1.54) is 0 Å². The van der Waals surface area contributed by atoms with Crippen LogP contribution in [0.15, 0.2) is 53.4 Å². The Labute approximate surface area is 105 Å². The summed E-state index contributed by atoms with van der Waals surface area (Å²) in [7, 11) is 1.91. The van der Waals surface area contributed by atoms with Crippen molar-refractivity contribution >= 4 is 11.0 Å². The van der Waals surface area contributed by atoms with Gasteiger partial charge in [-0.1, -0.05) is 6.07 Å². The summed E-state index contributed by atoms with van der Waals surface area (Å²) < 4.78 is 5.45. The predicted octanol–water partition coefficient (Wildman–Crippen LogP) is 2.53. The third-order valence-corrected chi connectivity index (χ3v) is 2.94. The number of nitrogens with zero attached hydrogens (tertiary/aromatic N) is 2. The van der Waals surface area contributed by atoms with Crippen LogP contribution in [-0.2, 0) is 0 Å². The summed E-state index contributed by atoms with van der Waals surface area (Å²) in [5.74, 6) is 0.890. The Morgan fingerprint density at radius 1 is 1.11 bits per heavy atom. The molecule has 2 heterocycles. The largest absolute Gasteiger partial charge is 0.467 e. The van der Waals surface area contributed by atoms with Crippen molar-refractivity contribution in [3.05, 3.63) is 60.3 Å². The molecule has 3 aromatic rings. The van der Waals surface area contributed by atoms with Crippen LogP contribution >= 0.6 is 0 Å². The normalized spacial score (nSPS) is 12.7. The molecule has 2 aromatic heterocycles. The molecule has 3 rings (SSSR count). The van der Waals surface area contributed by atoms with Crippen molar-refractivity contribution in [2.75, 3.05) is 7.05 Å². The van der Waals surface area contributed by atoms with Crippen molar-refractivity contribution < 1.29 is 4.42 Å². The van der Waals surface area contributed by atoms with E-state index < -0.39 is 0 Å². The van der Waals surface area contributed by atoms with Gasteiger partial charge in [0.05, 0.1) is 23.3 Å². The molecule has 0 amide bonds. The van der Waals surface area contributed by atoms with Gasteiger partial charge in [0.25, 0.3) is 0 Å². The maximum atomic E-state index is 5.45. The fourth-order valence-electron chi connectivity index (χ4n) is 2.09. The molecule has 4 heteroatoms. The smallest absolute Gasteiger partial charge is 0.125 e. The van der Waals surface area contributed by atoms with Gasteiger partial charge in [-0.15, -0.1) is 0 Å². The van der Waals surface area contributed by atoms with E-state index in [0.717, 1.165) is 22.4 Å². The van der Waals surface area contributed by atoms with Crippen LogP contribution in [0, 0.1) is 0 Å². The maximum Gasteiger partial charge on any atom is 0.125 e. The zero-order valence-corrected chi connectivity index (χ0v) is 10.00. The molecular formula is C14H13N3O. The summed E-state index contributed by atoms with van der Waals surface area (Å²) in [5, 5.41) is 3.24. The van der Waals surface area contributed by atoms with Crippen LogP contribution in [0.5, 0.6) is 0 Å². The molecule has 0 radical (unpaired) electrons. The quantitative estimate of drug-likeness (QED) is 0.763. The van der Waals surface area contributed by atoms with E-state index >= 15 is 0 Å². The lowest BCUT2D eigenvalue weighted by Gasteiger charge is -2.14. The summed E-state index contributed by atoms with van der Waals surface area (Å²) in [6.45, 7) is 0. The van der Waals surface area contributed by atoms with Gasteiger partial charge in [-0.05, 0) is 36.9 Å². The Balaban J connectivity index is 2.07. The van der Waals surface area contributed by atoms with Crippen LogP contribution in [0.1, 0.15) is 17.4 Å². The molecule has 0 bridgehead atoms. The summed E-state index contributed by atoms with van der Waals surface area (Å²) in [6.07, 6.45) is 5.08. The van der Waals surface area contributed by atoms with E-state index in [4.69, 9.17) is 4.42 Å². The van der Waals surface area contributed by atoms with Crippen LogP contribution in [0.4, 0.5) is 0 Å². The van der Waals surface area contributed by atoms with Gasteiger partial charge in [-0.2, -0.15) is 0 Å². The van der Waals surface area contributed by atoms with Crippen LogP contribution in [0.3, 0.4) is 0 Å². The number of aromatic nitrogens is 2. The van der Waals surface area contributed by atoms with E-state index in [1.54, 1.807) is 18.7 Å². The van der Waals surface area contributed by atoms with E-state index in [0.29, 0.717) is 0 Å². The topological polar surface area (TPSA) is 51.0 Å². The molecule has 0 aliphatic carbocycles. The molecular weight excluding hydrogens is 226 g/mol. The van der Waals surface area contributed by atoms with Crippen molar-refractivity contribution in [3.8, 4) is 0 Å². The Bertz CT molecular complexity index is 649. The molecule has 4 nitrogen and oxygen atoms in total. The second kappa shape index (κ2) is 4.58. The summed E-state index contributed by atoms with van der Waals surface area (Å²) in [4.78, 5) is 8.58. The number of nitrogens with one attached hydrogen (secondary N) is 1. The molecule has 1 unspecified atom stereocenters. The van der Waals surface area contributed by atoms with Gasteiger partial charge in [-0.25, -0.2) is 0 Å². The zero-order chi connectivity index (χ0) is 12.4. The van der Waals surface area contributed by atoms with Crippen LogP contribution in [-0.4, -0.2) is 17.0 Å². The zero-order valence-electron chi connectivity index (χ0n) is 10.00. The number of fused-ring (bicyclic) bond motifs is 1. The van der Waals surface area contributed by atoms with Gasteiger partial charge in [0.1, 0.15) is 5.76 Å². The Morgan fingerprint density at radius 2 is 1.94 bits per heavy atom. The highest BCUT2D eigenvalue weighted by Crippen LogP contribution is 2.24. The molecule has 1 atom stereocenters. The lowest BCUT2D eigenvalue weighted by atomic mass is 10.0. The average Bonchev–Trinajstić information content (AvgIpc) is 2.93. The number of hydrogen-bond acceptors (Lipinski definition) is 4. The molecule has 0 aliphatic heterocycles. The Morgan fingerprint density at radius 3 is 2.67 bits per heavy atom. The van der Waals surface area contributed by atoms with Gasteiger partial charge in [0.2, 0.25) is 0 Å². The van der Waals surface area contributed by atoms with Gasteiger partial charge in [0.15, 0.2) is 0 Å². The lowest BCUT2D eigenvalue weighted by Crippen LogP contribution is -2.16. The number of benzene rings is 1. The molecule has 1 aromatic carbocycles. The summed E-state index contributed by atoms with van der Waals surface area (Å²) in [5.41, 5.74) is 2.90. The van der Waals surface area contributed by atoms with Crippen LogP contribution < -0.4 is 5.32 Å². The SMILES string of the molecule is CNC(c1ccc2nccnc2c1)c1ccco1. The van der Waals surface area contributed by atoms with E-state index in [1.807, 2.05) is 37.4 Å². The molecule has 0 aliphatic rings. The van der Waals surface area contributed by atoms with Crippen molar-refractivity contribution in [2.24, 2.45) is 0 Å². The fraction of sp³-hybridized carbons (Fsp3) is 0.143. The van der Waals surface area contributed by atoms with Crippen molar-refractivity contribution in [3.63, 3.8) is 0 Å². The minimum atomic E-state index is 0.0337. The minimum absolute atomic E-state index is 0.0337. The number of furan rings is 1. The highest BCUT2D eigenvalue weighted by molar-refractivity contribution is 5.74. The Kier molecular flexibility index (Phi) is 2.78. The molecule has 0 fully saturated rings. The fourth-order valence-corrected chi connectivity index (χ4v) is 2.09. The third kappa shape index (κ3) is 1.87. The molecule has 0 saturated carbocycles. The summed E-state index contributed by atoms with van der Waals surface area (Å²) >= 11 is 0. The molecule has 90 valence electrons. The van der Waals surface area contributed by atoms with Crippen molar-refractivity contribution in [1.29, 1.82) is 0 Å². The van der Waals surface area contributed by atoms with E-state index in [9.17, 15) is 0 Å². The second-order valence-corrected chi connectivity index (χ2v) is 4.04. The first-order chi connectivity index (χ1) is 8.88. The number of hydrogen-bond donors (Lipinski definition) is 1. The molecule has 0 saturated heterocycles. The van der Waals surface area contributed by atoms with E-state index in [-0.39, 0.29) is 6.04 Å². The molecule has 18 heavy (non-hydrogen) atoms. The van der Waals surface area contributed by atoms with Crippen molar-refractivity contribution in [2.45, 2.75) is 6.04 Å². The second-order valence-electron chi connectivity index (χ2n) is 4.04. The highest BCUT2D eigenvalue weighted by Gasteiger charge is 2.15. The first-order valence-corrected chi connectivity index (χ1v) is 5.80. The average molecular weight is 239 g/mol. The molecule has 0 spiro atoms. The lowest BCUT2D eigenvalue weighted by molar-refractivity contribution is 0.463. The van der Waals surface area contributed by atoms with E-state index in [2.05, 4.69) is 15.3 Å². The first kappa shape index (κ1) is 10.9. The monoisotopic (exact) mass is 239 g/mol. The number of rotatable bonds is 3. The summed E-state index contributed by atoms with van der Waals surface area (Å²) in [6, 6.07) is 9.94. The molecule has 1 N–H and O–H groups in total. The predicted molar refractivity (Wildman–Crippen MR) is 69.1 cm³/mol. The van der Waals surface area contributed by atoms with Crippen LogP contribution in [0.25, 0.3) is 11.0 Å². The maximum absolute atomic E-state index is 5.45. The van der Waals surface area contributed by atoms with Gasteiger partial charge < -0.3 is 9.73 Å².